The molecule has 0 aromatic carbocycles. The van der Waals surface area contributed by atoms with Gasteiger partial charge in [-0.25, -0.2) is 0 Å². The fourth-order valence-corrected chi connectivity index (χ4v) is 1.28. The third-order valence-corrected chi connectivity index (χ3v) is 2.03. The molecule has 0 spiro atoms. The molecule has 1 aliphatic heterocycles. The van der Waals surface area contributed by atoms with Gasteiger partial charge < -0.3 is 0 Å². The van der Waals surface area contributed by atoms with E-state index in [0.717, 1.165) is 6.42 Å². The summed E-state index contributed by atoms with van der Waals surface area (Å²) in [6, 6.07) is 0. The van der Waals surface area contributed by atoms with Crippen molar-refractivity contribution in [1.82, 2.24) is 0 Å². The maximum absolute atomic E-state index is 4.10. The molecule has 1 unspecified atom stereocenters. The van der Waals surface area contributed by atoms with Gasteiger partial charge in [0, 0.05) is 18.3 Å². The zero-order chi connectivity index (χ0) is 6.27. The molecule has 0 aromatic rings. The summed E-state index contributed by atoms with van der Waals surface area (Å²) in [4.78, 5) is 4.10. The first-order chi connectivity index (χ1) is 4.39. The third kappa shape index (κ3) is 0.645. The van der Waals surface area contributed by atoms with Crippen LogP contribution in [0.2, 0.25) is 0 Å². The maximum Gasteiger partial charge on any atom is 0.0368 e. The van der Waals surface area contributed by atoms with Crippen molar-refractivity contribution < 1.29 is 0 Å². The lowest BCUT2D eigenvalue weighted by Gasteiger charge is -1.80. The van der Waals surface area contributed by atoms with E-state index in [1.54, 1.807) is 5.57 Å². The minimum atomic E-state index is 0.639. The summed E-state index contributed by atoms with van der Waals surface area (Å²) in [5, 5.41) is 0. The molecule has 46 valence electrons. The molecule has 1 nitrogen and oxygen atoms in total. The Balaban J connectivity index is 2.24. The molecule has 9 heavy (non-hydrogen) atoms. The Bertz CT molecular complexity index is 221. The largest absolute Gasteiger partial charge is 0.268 e. The average molecular weight is 119 g/mol. The zero-order valence-corrected chi connectivity index (χ0v) is 5.46. The topological polar surface area (TPSA) is 12.4 Å². The molecule has 0 radical (unpaired) electrons. The first kappa shape index (κ1) is 4.98. The van der Waals surface area contributed by atoms with Gasteiger partial charge in [0.1, 0.15) is 0 Å². The van der Waals surface area contributed by atoms with Gasteiger partial charge in [-0.3, -0.25) is 4.99 Å². The van der Waals surface area contributed by atoms with Crippen molar-refractivity contribution in [2.75, 3.05) is 0 Å². The van der Waals surface area contributed by atoms with Crippen LogP contribution in [0, 0.1) is 5.92 Å². The molecule has 0 N–H and O–H groups in total. The molecule has 2 aliphatic rings. The second-order valence-electron chi connectivity index (χ2n) is 2.57. The Labute approximate surface area is 54.8 Å². The smallest absolute Gasteiger partial charge is 0.0368 e. The van der Waals surface area contributed by atoms with Crippen molar-refractivity contribution in [3.8, 4) is 0 Å². The molecule has 0 amide bonds. The van der Waals surface area contributed by atoms with Crippen LogP contribution in [0.1, 0.15) is 13.3 Å². The fraction of sp³-hybridized carbons (Fsp3) is 0.375. The van der Waals surface area contributed by atoms with Gasteiger partial charge in [0.2, 0.25) is 0 Å². The van der Waals surface area contributed by atoms with Crippen LogP contribution in [0.15, 0.2) is 28.4 Å². The van der Waals surface area contributed by atoms with Gasteiger partial charge in [-0.2, -0.15) is 0 Å². The van der Waals surface area contributed by atoms with Crippen LogP contribution in [0.25, 0.3) is 0 Å². The Kier molecular flexibility index (Phi) is 0.865. The van der Waals surface area contributed by atoms with Gasteiger partial charge in [-0.1, -0.05) is 17.2 Å². The molecule has 0 saturated carbocycles. The SMILES string of the molecule is CC1=C2CC=CN=CC12. The summed E-state index contributed by atoms with van der Waals surface area (Å²) in [5.41, 5.74) is 3.11. The van der Waals surface area contributed by atoms with Gasteiger partial charge in [-0.05, 0) is 13.3 Å². The number of fused-ring (bicyclic) bond motifs is 1. The van der Waals surface area contributed by atoms with Gasteiger partial charge in [0.15, 0.2) is 0 Å². The van der Waals surface area contributed by atoms with E-state index in [9.17, 15) is 0 Å². The molecule has 0 aromatic heterocycles. The van der Waals surface area contributed by atoms with Crippen LogP contribution < -0.4 is 0 Å². The van der Waals surface area contributed by atoms with Crippen molar-refractivity contribution in [2.45, 2.75) is 13.3 Å². The summed E-state index contributed by atoms with van der Waals surface area (Å²) in [6.07, 6.45) is 7.14. The average Bonchev–Trinajstić information content (AvgIpc) is 2.51. The molecule has 0 bridgehead atoms. The lowest BCUT2D eigenvalue weighted by atomic mass is 10.2. The second-order valence-corrected chi connectivity index (χ2v) is 2.57. The summed E-state index contributed by atoms with van der Waals surface area (Å²) in [6.45, 7) is 2.19. The van der Waals surface area contributed by atoms with E-state index in [0.29, 0.717) is 5.92 Å². The van der Waals surface area contributed by atoms with E-state index >= 15 is 0 Å². The lowest BCUT2D eigenvalue weighted by Crippen LogP contribution is -1.79. The highest BCUT2D eigenvalue weighted by Gasteiger charge is 2.29. The molecule has 1 aliphatic carbocycles. The highest BCUT2D eigenvalue weighted by molar-refractivity contribution is 5.78. The number of aliphatic imine (C=N–C) groups is 1. The molecular formula is C8H9N. The van der Waals surface area contributed by atoms with Gasteiger partial charge in [-0.15, -0.1) is 0 Å². The van der Waals surface area contributed by atoms with Crippen molar-refractivity contribution in [2.24, 2.45) is 10.9 Å². The third-order valence-electron chi connectivity index (χ3n) is 2.03. The van der Waals surface area contributed by atoms with E-state index < -0.39 is 0 Å². The predicted octanol–water partition coefficient (Wildman–Crippen LogP) is 1.92. The normalized spacial score (nSPS) is 30.1. The standard InChI is InChI=1S/C8H9N/c1-6-7-3-2-4-9-5-8(6)7/h2,4-5,8H,3H2,1H3. The zero-order valence-electron chi connectivity index (χ0n) is 5.46. The van der Waals surface area contributed by atoms with Crippen LogP contribution in [0.4, 0.5) is 0 Å². The number of hydrogen-bond acceptors (Lipinski definition) is 1. The van der Waals surface area contributed by atoms with Crippen LogP contribution in [-0.2, 0) is 0 Å². The van der Waals surface area contributed by atoms with E-state index in [1.807, 2.05) is 12.4 Å². The maximum atomic E-state index is 4.10. The predicted molar refractivity (Wildman–Crippen MR) is 38.4 cm³/mol. The van der Waals surface area contributed by atoms with Crippen LogP contribution in [0.3, 0.4) is 0 Å². The first-order valence-electron chi connectivity index (χ1n) is 3.27. The molecule has 1 heteroatoms. The van der Waals surface area contributed by atoms with Gasteiger partial charge in [0.05, 0.1) is 0 Å². The minimum Gasteiger partial charge on any atom is -0.268 e. The number of rotatable bonds is 0. The summed E-state index contributed by atoms with van der Waals surface area (Å²) in [5.74, 6) is 0.639. The summed E-state index contributed by atoms with van der Waals surface area (Å²) < 4.78 is 0. The first-order valence-corrected chi connectivity index (χ1v) is 3.27. The quantitative estimate of drug-likeness (QED) is 0.432. The number of allylic oxidation sites excluding steroid dienone is 3. The van der Waals surface area contributed by atoms with E-state index in [2.05, 4.69) is 18.0 Å². The van der Waals surface area contributed by atoms with Crippen LogP contribution >= 0.6 is 0 Å². The molecule has 0 fully saturated rings. The van der Waals surface area contributed by atoms with Crippen LogP contribution in [0.5, 0.6) is 0 Å². The molecular weight excluding hydrogens is 110 g/mol. The number of hydrogen-bond donors (Lipinski definition) is 0. The number of nitrogens with zero attached hydrogens (tertiary/aromatic N) is 1. The summed E-state index contributed by atoms with van der Waals surface area (Å²) >= 11 is 0. The Morgan fingerprint density at radius 3 is 3.44 bits per heavy atom. The second kappa shape index (κ2) is 1.56. The van der Waals surface area contributed by atoms with Crippen molar-refractivity contribution in [1.29, 1.82) is 0 Å². The molecule has 1 heterocycles. The van der Waals surface area contributed by atoms with Crippen molar-refractivity contribution in [3.63, 3.8) is 0 Å². The highest BCUT2D eigenvalue weighted by atomic mass is 14.7. The Hall–Kier alpha value is -0.850. The van der Waals surface area contributed by atoms with Crippen LogP contribution in [-0.4, -0.2) is 6.21 Å². The minimum absolute atomic E-state index is 0.639. The molecule has 1 atom stereocenters. The van der Waals surface area contributed by atoms with E-state index in [-0.39, 0.29) is 0 Å². The Morgan fingerprint density at radius 1 is 1.67 bits per heavy atom. The van der Waals surface area contributed by atoms with E-state index in [1.165, 1.54) is 5.57 Å². The highest BCUT2D eigenvalue weighted by Crippen LogP contribution is 2.40. The lowest BCUT2D eigenvalue weighted by molar-refractivity contribution is 1.17. The fourth-order valence-electron chi connectivity index (χ4n) is 1.28. The van der Waals surface area contributed by atoms with Crippen molar-refractivity contribution in [3.05, 3.63) is 23.4 Å². The molecule has 2 rings (SSSR count). The van der Waals surface area contributed by atoms with Gasteiger partial charge in [0.25, 0.3) is 0 Å². The monoisotopic (exact) mass is 119 g/mol. The Morgan fingerprint density at radius 2 is 2.56 bits per heavy atom. The molecule has 0 saturated heterocycles. The van der Waals surface area contributed by atoms with E-state index in [4.69, 9.17) is 0 Å². The summed E-state index contributed by atoms with van der Waals surface area (Å²) in [7, 11) is 0. The van der Waals surface area contributed by atoms with Crippen molar-refractivity contribution >= 4 is 6.21 Å². The van der Waals surface area contributed by atoms with Gasteiger partial charge >= 0.3 is 0 Å².